The Kier molecular flexibility index (Phi) is 5.38. The predicted octanol–water partition coefficient (Wildman–Crippen LogP) is 3.00. The van der Waals surface area contributed by atoms with Crippen molar-refractivity contribution in [2.75, 3.05) is 0 Å². The van der Waals surface area contributed by atoms with Crippen LogP contribution in [-0.2, 0) is 16.4 Å². The van der Waals surface area contributed by atoms with Gasteiger partial charge in [0.15, 0.2) is 0 Å². The highest BCUT2D eigenvalue weighted by atomic mass is 79.9. The minimum absolute atomic E-state index is 0.0620. The Hall–Kier alpha value is -1.22. The van der Waals surface area contributed by atoms with E-state index in [-0.39, 0.29) is 4.90 Å². The van der Waals surface area contributed by atoms with Crippen LogP contribution in [0, 0.1) is 6.92 Å². The van der Waals surface area contributed by atoms with Crippen molar-refractivity contribution in [3.8, 4) is 0 Å². The minimum Gasteiger partial charge on any atom is -0.273 e. The van der Waals surface area contributed by atoms with Gasteiger partial charge in [0.25, 0.3) is 15.9 Å². The number of hydrogen-bond donors (Lipinski definition) is 2. The molecule has 1 amide bonds. The van der Waals surface area contributed by atoms with Crippen molar-refractivity contribution in [1.29, 1.82) is 0 Å². The van der Waals surface area contributed by atoms with Crippen LogP contribution in [0.25, 0.3) is 0 Å². The zero-order valence-corrected chi connectivity index (χ0v) is 15.2. The standard InChI is InChI=1S/C14H15BrN2O3S2/c1-3-11-9(2)8-12(21-11)14(18)16-17-22(19,20)13-7-5-4-6-10(13)15/h4-8,17H,3H2,1-2H3,(H,16,18). The third-order valence-corrected chi connectivity index (χ3v) is 6.63. The van der Waals surface area contributed by atoms with Crippen molar-refractivity contribution in [2.45, 2.75) is 25.2 Å². The fraction of sp³-hybridized carbons (Fsp3) is 0.214. The van der Waals surface area contributed by atoms with E-state index in [0.717, 1.165) is 16.9 Å². The fourth-order valence-electron chi connectivity index (χ4n) is 1.88. The van der Waals surface area contributed by atoms with Crippen LogP contribution in [0.5, 0.6) is 0 Å². The molecule has 0 spiro atoms. The van der Waals surface area contributed by atoms with Crippen LogP contribution in [0.3, 0.4) is 0 Å². The summed E-state index contributed by atoms with van der Waals surface area (Å²) in [7, 11) is -3.83. The largest absolute Gasteiger partial charge is 0.276 e. The summed E-state index contributed by atoms with van der Waals surface area (Å²) in [6.07, 6.45) is 0.840. The maximum Gasteiger partial charge on any atom is 0.276 e. The van der Waals surface area contributed by atoms with Crippen molar-refractivity contribution in [3.05, 3.63) is 50.1 Å². The molecule has 5 nitrogen and oxygen atoms in total. The maximum absolute atomic E-state index is 12.2. The number of benzene rings is 1. The molecule has 0 radical (unpaired) electrons. The molecule has 1 aromatic carbocycles. The quantitative estimate of drug-likeness (QED) is 0.754. The topological polar surface area (TPSA) is 75.3 Å². The number of aryl methyl sites for hydroxylation is 2. The number of thiophene rings is 1. The normalized spacial score (nSPS) is 11.4. The molecule has 0 aliphatic rings. The number of carbonyl (C=O) groups is 1. The first-order valence-electron chi connectivity index (χ1n) is 6.51. The lowest BCUT2D eigenvalue weighted by molar-refractivity contribution is 0.0949. The first kappa shape index (κ1) is 17.1. The van der Waals surface area contributed by atoms with Crippen molar-refractivity contribution in [2.24, 2.45) is 0 Å². The van der Waals surface area contributed by atoms with Crippen LogP contribution in [0.1, 0.15) is 27.0 Å². The van der Waals surface area contributed by atoms with E-state index in [4.69, 9.17) is 0 Å². The van der Waals surface area contributed by atoms with Crippen molar-refractivity contribution >= 4 is 43.2 Å². The van der Waals surface area contributed by atoms with Gasteiger partial charge in [0.05, 0.1) is 9.77 Å². The van der Waals surface area contributed by atoms with Gasteiger partial charge in [-0.05, 0) is 53.0 Å². The highest BCUT2D eigenvalue weighted by Crippen LogP contribution is 2.23. The number of halogens is 1. The number of rotatable bonds is 5. The van der Waals surface area contributed by atoms with Crippen LogP contribution in [-0.4, -0.2) is 14.3 Å². The average Bonchev–Trinajstić information content (AvgIpc) is 2.86. The van der Waals surface area contributed by atoms with Crippen LogP contribution < -0.4 is 10.3 Å². The molecule has 0 unspecified atom stereocenters. The second-order valence-corrected chi connectivity index (χ2v) is 8.20. The van der Waals surface area contributed by atoms with E-state index in [9.17, 15) is 13.2 Å². The SMILES string of the molecule is CCc1sc(C(=O)NNS(=O)(=O)c2ccccc2Br)cc1C. The smallest absolute Gasteiger partial charge is 0.273 e. The van der Waals surface area contributed by atoms with Crippen molar-refractivity contribution < 1.29 is 13.2 Å². The van der Waals surface area contributed by atoms with Gasteiger partial charge < -0.3 is 0 Å². The predicted molar refractivity (Wildman–Crippen MR) is 90.4 cm³/mol. The van der Waals surface area contributed by atoms with Crippen LogP contribution in [0.15, 0.2) is 39.7 Å². The Morgan fingerprint density at radius 1 is 1.32 bits per heavy atom. The Bertz CT molecular complexity index is 800. The van der Waals surface area contributed by atoms with Crippen LogP contribution in [0.2, 0.25) is 0 Å². The summed E-state index contributed by atoms with van der Waals surface area (Å²) in [5.74, 6) is -0.469. The first-order chi connectivity index (χ1) is 10.3. The molecule has 0 aliphatic heterocycles. The van der Waals surface area contributed by atoms with Gasteiger partial charge in [-0.25, -0.2) is 8.42 Å². The molecule has 0 bridgehead atoms. The van der Waals surface area contributed by atoms with E-state index >= 15 is 0 Å². The molecule has 22 heavy (non-hydrogen) atoms. The summed E-state index contributed by atoms with van der Waals surface area (Å²) in [6, 6.07) is 8.14. The van der Waals surface area contributed by atoms with Gasteiger partial charge in [-0.3, -0.25) is 10.2 Å². The molecular weight excluding hydrogens is 388 g/mol. The van der Waals surface area contributed by atoms with Crippen LogP contribution >= 0.6 is 27.3 Å². The van der Waals surface area contributed by atoms with Crippen LogP contribution in [0.4, 0.5) is 0 Å². The van der Waals surface area contributed by atoms with E-state index in [0.29, 0.717) is 9.35 Å². The summed E-state index contributed by atoms with van der Waals surface area (Å²) in [4.78, 5) is 15.8. The number of amides is 1. The molecule has 1 aromatic heterocycles. The minimum atomic E-state index is -3.83. The highest BCUT2D eigenvalue weighted by Gasteiger charge is 2.19. The summed E-state index contributed by atoms with van der Waals surface area (Å²) < 4.78 is 24.8. The number of carbonyl (C=O) groups excluding carboxylic acids is 1. The van der Waals surface area contributed by atoms with E-state index in [2.05, 4.69) is 26.2 Å². The monoisotopic (exact) mass is 402 g/mol. The molecule has 8 heteroatoms. The lowest BCUT2D eigenvalue weighted by Crippen LogP contribution is -2.41. The molecule has 0 atom stereocenters. The third kappa shape index (κ3) is 3.75. The molecule has 2 aromatic rings. The number of hydrogen-bond acceptors (Lipinski definition) is 4. The Morgan fingerprint density at radius 2 is 2.00 bits per heavy atom. The molecule has 1 heterocycles. The molecular formula is C14H15BrN2O3S2. The van der Waals surface area contributed by atoms with Gasteiger partial charge in [0, 0.05) is 9.35 Å². The third-order valence-electron chi connectivity index (χ3n) is 2.99. The molecule has 0 saturated heterocycles. The summed E-state index contributed by atoms with van der Waals surface area (Å²) >= 11 is 4.54. The molecule has 2 N–H and O–H groups in total. The van der Waals surface area contributed by atoms with E-state index in [1.807, 2.05) is 13.8 Å². The van der Waals surface area contributed by atoms with Gasteiger partial charge in [-0.15, -0.1) is 16.2 Å². The molecule has 118 valence electrons. The van der Waals surface area contributed by atoms with E-state index < -0.39 is 15.9 Å². The summed E-state index contributed by atoms with van der Waals surface area (Å²) in [5, 5.41) is 0. The Balaban J connectivity index is 2.12. The number of sulfonamides is 1. The first-order valence-corrected chi connectivity index (χ1v) is 9.60. The Morgan fingerprint density at radius 3 is 2.59 bits per heavy atom. The Labute approximate surface area is 141 Å². The van der Waals surface area contributed by atoms with Crippen molar-refractivity contribution in [1.82, 2.24) is 10.3 Å². The number of hydrazine groups is 1. The van der Waals surface area contributed by atoms with E-state index in [1.54, 1.807) is 24.3 Å². The number of nitrogens with one attached hydrogen (secondary N) is 2. The second-order valence-electron chi connectivity index (χ2n) is 4.56. The maximum atomic E-state index is 12.2. The molecule has 0 fully saturated rings. The van der Waals surface area contributed by atoms with Gasteiger partial charge in [-0.1, -0.05) is 19.1 Å². The fourth-order valence-corrected chi connectivity index (χ4v) is 4.73. The zero-order valence-electron chi connectivity index (χ0n) is 12.0. The molecule has 0 saturated carbocycles. The summed E-state index contributed by atoms with van der Waals surface area (Å²) in [6.45, 7) is 3.94. The van der Waals surface area contributed by atoms with Gasteiger partial charge in [0.2, 0.25) is 0 Å². The van der Waals surface area contributed by atoms with E-state index in [1.165, 1.54) is 17.4 Å². The summed E-state index contributed by atoms with van der Waals surface area (Å²) in [5.41, 5.74) is 3.28. The average molecular weight is 403 g/mol. The zero-order chi connectivity index (χ0) is 16.3. The highest BCUT2D eigenvalue weighted by molar-refractivity contribution is 9.10. The van der Waals surface area contributed by atoms with Gasteiger partial charge in [0.1, 0.15) is 0 Å². The van der Waals surface area contributed by atoms with Gasteiger partial charge >= 0.3 is 0 Å². The molecule has 0 aliphatic carbocycles. The lowest BCUT2D eigenvalue weighted by atomic mass is 10.2. The molecule has 2 rings (SSSR count). The lowest BCUT2D eigenvalue weighted by Gasteiger charge is -2.08. The van der Waals surface area contributed by atoms with Gasteiger partial charge in [-0.2, -0.15) is 0 Å². The van der Waals surface area contributed by atoms with Crippen molar-refractivity contribution in [3.63, 3.8) is 0 Å². The second kappa shape index (κ2) is 6.91.